The SMILES string of the molecule is C=CCCC(NC(=O)C1SCCc2ccccc21)C(=O)O. The topological polar surface area (TPSA) is 66.4 Å². The molecule has 1 aromatic carbocycles. The van der Waals surface area contributed by atoms with E-state index >= 15 is 0 Å². The van der Waals surface area contributed by atoms with Gasteiger partial charge < -0.3 is 10.4 Å². The molecular weight excluding hydrogens is 286 g/mol. The van der Waals surface area contributed by atoms with Crippen LogP contribution in [0.25, 0.3) is 0 Å². The average molecular weight is 305 g/mol. The number of aliphatic carboxylic acids is 1. The zero-order valence-corrected chi connectivity index (χ0v) is 12.6. The Morgan fingerprint density at radius 3 is 2.95 bits per heavy atom. The summed E-state index contributed by atoms with van der Waals surface area (Å²) in [6.07, 6.45) is 3.53. The zero-order valence-electron chi connectivity index (χ0n) is 11.7. The van der Waals surface area contributed by atoms with Crippen LogP contribution < -0.4 is 5.32 Å². The van der Waals surface area contributed by atoms with Crippen molar-refractivity contribution in [3.63, 3.8) is 0 Å². The lowest BCUT2D eigenvalue weighted by Crippen LogP contribution is -2.43. The van der Waals surface area contributed by atoms with Crippen LogP contribution in [0, 0.1) is 0 Å². The third kappa shape index (κ3) is 3.88. The van der Waals surface area contributed by atoms with Gasteiger partial charge in [-0.1, -0.05) is 30.3 Å². The van der Waals surface area contributed by atoms with E-state index in [9.17, 15) is 14.7 Å². The van der Waals surface area contributed by atoms with E-state index in [1.54, 1.807) is 17.8 Å². The van der Waals surface area contributed by atoms with Crippen LogP contribution in [0.15, 0.2) is 36.9 Å². The fourth-order valence-corrected chi connectivity index (χ4v) is 3.60. The Bertz CT molecular complexity index is 544. The number of thioether (sulfide) groups is 1. The van der Waals surface area contributed by atoms with Gasteiger partial charge in [0.1, 0.15) is 11.3 Å². The first-order valence-electron chi connectivity index (χ1n) is 6.97. The molecule has 1 aliphatic heterocycles. The number of fused-ring (bicyclic) bond motifs is 1. The highest BCUT2D eigenvalue weighted by molar-refractivity contribution is 8.00. The number of hydrogen-bond acceptors (Lipinski definition) is 3. The molecule has 0 aliphatic carbocycles. The second kappa shape index (κ2) is 7.31. The van der Waals surface area contributed by atoms with Gasteiger partial charge in [0, 0.05) is 0 Å². The van der Waals surface area contributed by atoms with E-state index in [-0.39, 0.29) is 11.2 Å². The molecule has 0 radical (unpaired) electrons. The average Bonchev–Trinajstić information content (AvgIpc) is 2.50. The number of carbonyl (C=O) groups excluding carboxylic acids is 1. The molecule has 1 aromatic rings. The van der Waals surface area contributed by atoms with Crippen molar-refractivity contribution in [2.45, 2.75) is 30.6 Å². The van der Waals surface area contributed by atoms with Gasteiger partial charge in [0.15, 0.2) is 0 Å². The van der Waals surface area contributed by atoms with Crippen molar-refractivity contribution in [3.05, 3.63) is 48.0 Å². The van der Waals surface area contributed by atoms with Crippen LogP contribution in [0.4, 0.5) is 0 Å². The summed E-state index contributed by atoms with van der Waals surface area (Å²) < 4.78 is 0. The van der Waals surface area contributed by atoms with Crippen LogP contribution in [0.5, 0.6) is 0 Å². The summed E-state index contributed by atoms with van der Waals surface area (Å²) in [6, 6.07) is 7.00. The number of carboxylic acids is 1. The van der Waals surface area contributed by atoms with Crippen molar-refractivity contribution in [2.24, 2.45) is 0 Å². The Labute approximate surface area is 128 Å². The van der Waals surface area contributed by atoms with Crippen molar-refractivity contribution in [3.8, 4) is 0 Å². The van der Waals surface area contributed by atoms with Crippen molar-refractivity contribution in [2.75, 3.05) is 5.75 Å². The van der Waals surface area contributed by atoms with E-state index < -0.39 is 12.0 Å². The first kappa shape index (κ1) is 15.6. The predicted molar refractivity (Wildman–Crippen MR) is 84.3 cm³/mol. The molecule has 112 valence electrons. The smallest absolute Gasteiger partial charge is 0.326 e. The first-order valence-corrected chi connectivity index (χ1v) is 8.02. The Hall–Kier alpha value is -1.75. The van der Waals surface area contributed by atoms with Gasteiger partial charge in [0.25, 0.3) is 0 Å². The molecule has 0 saturated heterocycles. The van der Waals surface area contributed by atoms with Crippen molar-refractivity contribution >= 4 is 23.6 Å². The highest BCUT2D eigenvalue weighted by Gasteiger charge is 2.29. The largest absolute Gasteiger partial charge is 0.480 e. The van der Waals surface area contributed by atoms with E-state index in [4.69, 9.17) is 0 Å². The minimum atomic E-state index is -1.00. The maximum absolute atomic E-state index is 12.4. The van der Waals surface area contributed by atoms with Crippen LogP contribution in [-0.4, -0.2) is 28.8 Å². The number of rotatable bonds is 6. The summed E-state index contributed by atoms with van der Waals surface area (Å²) in [7, 11) is 0. The summed E-state index contributed by atoms with van der Waals surface area (Å²) in [5.74, 6) is -0.345. The van der Waals surface area contributed by atoms with Gasteiger partial charge in [-0.15, -0.1) is 18.3 Å². The number of allylic oxidation sites excluding steroid dienone is 1. The molecule has 1 amide bonds. The van der Waals surface area contributed by atoms with Gasteiger partial charge >= 0.3 is 5.97 Å². The molecule has 21 heavy (non-hydrogen) atoms. The van der Waals surface area contributed by atoms with Gasteiger partial charge in [0.05, 0.1) is 0 Å². The summed E-state index contributed by atoms with van der Waals surface area (Å²) in [6.45, 7) is 3.58. The number of carbonyl (C=O) groups is 2. The second-order valence-corrected chi connectivity index (χ2v) is 6.18. The Kier molecular flexibility index (Phi) is 5.44. The van der Waals surface area contributed by atoms with E-state index in [1.807, 2.05) is 24.3 Å². The molecule has 1 aliphatic rings. The summed E-state index contributed by atoms with van der Waals surface area (Å²) >= 11 is 1.57. The molecular formula is C16H19NO3S. The monoisotopic (exact) mass is 305 g/mol. The van der Waals surface area contributed by atoms with E-state index in [0.29, 0.717) is 12.8 Å². The van der Waals surface area contributed by atoms with Crippen molar-refractivity contribution in [1.82, 2.24) is 5.32 Å². The second-order valence-electron chi connectivity index (χ2n) is 4.97. The molecule has 2 rings (SSSR count). The molecule has 2 atom stereocenters. The third-order valence-corrected chi connectivity index (χ3v) is 4.75. The van der Waals surface area contributed by atoms with Crippen LogP contribution in [0.1, 0.15) is 29.2 Å². The summed E-state index contributed by atoms with van der Waals surface area (Å²) in [5, 5.41) is 11.5. The van der Waals surface area contributed by atoms with E-state index in [2.05, 4.69) is 11.9 Å². The molecule has 4 nitrogen and oxygen atoms in total. The van der Waals surface area contributed by atoms with Crippen LogP contribution in [0.3, 0.4) is 0 Å². The Morgan fingerprint density at radius 2 is 2.24 bits per heavy atom. The fourth-order valence-electron chi connectivity index (χ4n) is 2.40. The maximum atomic E-state index is 12.4. The quantitative estimate of drug-likeness (QED) is 0.793. The van der Waals surface area contributed by atoms with Gasteiger partial charge in [-0.3, -0.25) is 4.79 Å². The van der Waals surface area contributed by atoms with Crippen molar-refractivity contribution < 1.29 is 14.7 Å². The number of hydrogen-bond donors (Lipinski definition) is 2. The Balaban J connectivity index is 2.09. The molecule has 2 unspecified atom stereocenters. The normalized spacial score (nSPS) is 18.4. The number of amides is 1. The summed E-state index contributed by atoms with van der Waals surface area (Å²) in [4.78, 5) is 23.6. The van der Waals surface area contributed by atoms with Gasteiger partial charge in [-0.25, -0.2) is 4.79 Å². The van der Waals surface area contributed by atoms with Gasteiger partial charge in [-0.2, -0.15) is 0 Å². The lowest BCUT2D eigenvalue weighted by atomic mass is 10.0. The number of aryl methyl sites for hydroxylation is 1. The standard InChI is InChI=1S/C16H19NO3S/c1-2-3-8-13(16(19)20)17-15(18)14-12-7-5-4-6-11(12)9-10-21-14/h2,4-7,13-14H,1,3,8-10H2,(H,17,18)(H,19,20). The molecule has 0 spiro atoms. The molecule has 0 saturated carbocycles. The highest BCUT2D eigenvalue weighted by atomic mass is 32.2. The molecule has 0 bridgehead atoms. The number of carboxylic acid groups (broad SMARTS) is 1. The highest BCUT2D eigenvalue weighted by Crippen LogP contribution is 2.36. The van der Waals surface area contributed by atoms with E-state index in [0.717, 1.165) is 17.7 Å². The number of nitrogens with one attached hydrogen (secondary N) is 1. The molecule has 2 N–H and O–H groups in total. The maximum Gasteiger partial charge on any atom is 0.326 e. The molecule has 0 aromatic heterocycles. The molecule has 1 heterocycles. The summed E-state index contributed by atoms with van der Waals surface area (Å²) in [5.41, 5.74) is 2.17. The Morgan fingerprint density at radius 1 is 1.48 bits per heavy atom. The minimum Gasteiger partial charge on any atom is -0.480 e. The van der Waals surface area contributed by atoms with Gasteiger partial charge in [0.2, 0.25) is 5.91 Å². The lowest BCUT2D eigenvalue weighted by Gasteiger charge is -2.25. The van der Waals surface area contributed by atoms with Crippen molar-refractivity contribution in [1.29, 1.82) is 0 Å². The zero-order chi connectivity index (χ0) is 15.2. The molecule has 0 fully saturated rings. The minimum absolute atomic E-state index is 0.219. The number of benzene rings is 1. The lowest BCUT2D eigenvalue weighted by molar-refractivity contribution is -0.141. The van der Waals surface area contributed by atoms with Crippen LogP contribution in [-0.2, 0) is 16.0 Å². The third-order valence-electron chi connectivity index (χ3n) is 3.51. The molecule has 5 heteroatoms. The van der Waals surface area contributed by atoms with Crippen LogP contribution >= 0.6 is 11.8 Å². The fraction of sp³-hybridized carbons (Fsp3) is 0.375. The van der Waals surface area contributed by atoms with E-state index in [1.165, 1.54) is 5.56 Å². The first-order chi connectivity index (χ1) is 10.1. The van der Waals surface area contributed by atoms with Gasteiger partial charge in [-0.05, 0) is 36.1 Å². The van der Waals surface area contributed by atoms with Crippen LogP contribution in [0.2, 0.25) is 0 Å². The predicted octanol–water partition coefficient (Wildman–Crippen LogP) is 2.55.